The molecule has 644 valence electrons. The molecule has 0 spiro atoms. The number of aromatic nitrogens is 4. The highest BCUT2D eigenvalue weighted by Gasteiger charge is 2.23. The predicted octanol–water partition coefficient (Wildman–Crippen LogP) is 37.0. The highest BCUT2D eigenvalue weighted by atomic mass is 32.1. The molecule has 0 aliphatic heterocycles. The average molecular weight is 1770 g/mol. The highest BCUT2D eigenvalue weighted by molar-refractivity contribution is 7.26. The summed E-state index contributed by atoms with van der Waals surface area (Å²) < 4.78 is 18.5. The first kappa shape index (κ1) is 79.8. The van der Waals surface area contributed by atoms with E-state index in [0.717, 1.165) is 33.1 Å². The number of benzene rings is 24. The zero-order valence-electron chi connectivity index (χ0n) is 75.1. The van der Waals surface area contributed by atoms with Crippen LogP contribution < -0.4 is 0 Å². The summed E-state index contributed by atoms with van der Waals surface area (Å²) in [5.74, 6) is 0. The summed E-state index contributed by atoms with van der Waals surface area (Å²) in [5, 5.41) is 30.9. The van der Waals surface area contributed by atoms with E-state index in [-0.39, 0.29) is 0 Å². The van der Waals surface area contributed by atoms with Crippen molar-refractivity contribution >= 4 is 205 Å². The zero-order chi connectivity index (χ0) is 90.8. The summed E-state index contributed by atoms with van der Waals surface area (Å²) in [6, 6.07) is 184. The lowest BCUT2D eigenvalue weighted by molar-refractivity contribution is 0.670. The standard InChI is InChI=1S/2C36H23N.C30H19NO.C30H19NS/c1-2-11-25(12-3-1)37-34-19-9-8-17-32(34)36-26(18-10-20-35(36)37)24-21-22-31-29-15-5-4-13-27(29)28-14-6-7-16-30(28)33(31)23-24;1-2-10-26(11-3-1)37-35-17-9-8-16-32(35)34-23-25(19-21-36(34)37)24-18-20-31-29-14-5-4-12-27(29)28-13-6-7-15-30(28)33(31)22-24;2*1-2-9-21(10-3-1)31-27-15-6-4-11-23(27)26-19-20(17-18-28(26)31)22-13-8-14-25-24-12-5-7-16-29(24)32-30(22)25/h2*1-23H;2*1-19H. The number of thiophene rings is 1. The minimum atomic E-state index is 0.928. The van der Waals surface area contributed by atoms with Gasteiger partial charge in [0.1, 0.15) is 11.2 Å². The molecule has 5 nitrogen and oxygen atoms in total. The van der Waals surface area contributed by atoms with Crippen LogP contribution in [0, 0.1) is 0 Å². The maximum absolute atomic E-state index is 6.31. The largest absolute Gasteiger partial charge is 0.455 e. The van der Waals surface area contributed by atoms with Crippen LogP contribution in [0.3, 0.4) is 0 Å². The number of furan rings is 1. The molecule has 0 unspecified atom stereocenters. The third kappa shape index (κ3) is 13.1. The monoisotopic (exact) mass is 1770 g/mol. The van der Waals surface area contributed by atoms with Gasteiger partial charge in [-0.15, -0.1) is 11.3 Å². The maximum Gasteiger partial charge on any atom is 0.143 e. The van der Waals surface area contributed by atoms with Crippen LogP contribution in [0.5, 0.6) is 0 Å². The molecule has 6 heteroatoms. The Bertz CT molecular complexity index is 9780. The molecule has 0 aliphatic rings. The van der Waals surface area contributed by atoms with Gasteiger partial charge in [-0.1, -0.05) is 370 Å². The number of hydrogen-bond acceptors (Lipinski definition) is 2. The van der Waals surface area contributed by atoms with Gasteiger partial charge in [0.2, 0.25) is 0 Å². The van der Waals surface area contributed by atoms with Gasteiger partial charge in [0.05, 0.1) is 44.1 Å². The quantitative estimate of drug-likeness (QED) is 0.140. The summed E-state index contributed by atoms with van der Waals surface area (Å²) in [6.07, 6.45) is 0. The van der Waals surface area contributed by atoms with E-state index in [1.807, 2.05) is 23.5 Å². The third-order valence-electron chi connectivity index (χ3n) is 28.3. The molecule has 6 heterocycles. The lowest BCUT2D eigenvalue weighted by Gasteiger charge is -2.13. The van der Waals surface area contributed by atoms with E-state index in [1.165, 1.54) is 228 Å². The van der Waals surface area contributed by atoms with Crippen molar-refractivity contribution in [3.8, 4) is 67.3 Å². The molecule has 24 aromatic carbocycles. The van der Waals surface area contributed by atoms with E-state index in [4.69, 9.17) is 4.42 Å². The van der Waals surface area contributed by atoms with Crippen molar-refractivity contribution in [1.29, 1.82) is 0 Å². The van der Waals surface area contributed by atoms with E-state index in [0.29, 0.717) is 0 Å². The molecule has 0 amide bonds. The van der Waals surface area contributed by atoms with Crippen molar-refractivity contribution in [2.24, 2.45) is 0 Å². The molecule has 0 bridgehead atoms. The average Bonchev–Trinajstić information content (AvgIpc) is 1.63. The SMILES string of the molecule is c1ccc(-n2c3ccccc3c3c(-c4ccc5c6ccccc6c6ccccc6c5c4)cccc32)cc1.c1ccc(-n2c3ccccc3c3cc(-c4ccc5c6ccccc6c6ccccc6c5c4)ccc32)cc1.c1ccc(-n2c3ccccc3c3cc(-c4cccc5c4oc4ccccc45)ccc32)cc1.c1ccc(-n2c3ccccc3c3cc(-c4cccc5c4sc4ccccc45)ccc32)cc1. The van der Waals surface area contributed by atoms with Gasteiger partial charge in [-0.3, -0.25) is 0 Å². The summed E-state index contributed by atoms with van der Waals surface area (Å²) >= 11 is 1.89. The highest BCUT2D eigenvalue weighted by Crippen LogP contribution is 2.48. The van der Waals surface area contributed by atoms with E-state index >= 15 is 0 Å². The molecule has 0 saturated carbocycles. The topological polar surface area (TPSA) is 32.9 Å². The van der Waals surface area contributed by atoms with Crippen LogP contribution in [-0.2, 0) is 0 Å². The zero-order valence-corrected chi connectivity index (χ0v) is 75.9. The molecule has 6 aromatic heterocycles. The number of rotatable bonds is 8. The minimum Gasteiger partial charge on any atom is -0.455 e. The smallest absolute Gasteiger partial charge is 0.143 e. The molecule has 30 aromatic rings. The fraction of sp³-hybridized carbons (Fsp3) is 0. The summed E-state index contributed by atoms with van der Waals surface area (Å²) in [5.41, 5.74) is 26.3. The van der Waals surface area contributed by atoms with Crippen molar-refractivity contribution in [2.75, 3.05) is 0 Å². The lowest BCUT2D eigenvalue weighted by Crippen LogP contribution is -1.92. The maximum atomic E-state index is 6.31. The van der Waals surface area contributed by atoms with Gasteiger partial charge in [-0.05, 0) is 243 Å². The normalized spacial score (nSPS) is 11.8. The van der Waals surface area contributed by atoms with Crippen molar-refractivity contribution in [3.05, 3.63) is 510 Å². The van der Waals surface area contributed by atoms with E-state index in [1.54, 1.807) is 0 Å². The fourth-order valence-corrected chi connectivity index (χ4v) is 23.5. The molecule has 138 heavy (non-hydrogen) atoms. The first-order valence-corrected chi connectivity index (χ1v) is 48.2. The molecule has 0 aliphatic carbocycles. The molecule has 30 rings (SSSR count). The summed E-state index contributed by atoms with van der Waals surface area (Å²) in [4.78, 5) is 0. The van der Waals surface area contributed by atoms with Crippen molar-refractivity contribution in [3.63, 3.8) is 0 Å². The molecule has 0 saturated heterocycles. The van der Waals surface area contributed by atoms with Gasteiger partial charge in [0.15, 0.2) is 0 Å². The second-order valence-electron chi connectivity index (χ2n) is 35.9. The van der Waals surface area contributed by atoms with E-state index in [9.17, 15) is 0 Å². The predicted molar refractivity (Wildman–Crippen MR) is 590 cm³/mol. The van der Waals surface area contributed by atoms with Gasteiger partial charge < -0.3 is 22.7 Å². The Morgan fingerprint density at radius 2 is 0.428 bits per heavy atom. The van der Waals surface area contributed by atoms with Crippen LogP contribution in [0.15, 0.2) is 514 Å². The Hall–Kier alpha value is -17.9. The van der Waals surface area contributed by atoms with Crippen LogP contribution >= 0.6 is 11.3 Å². The summed E-state index contributed by atoms with van der Waals surface area (Å²) in [7, 11) is 0. The van der Waals surface area contributed by atoms with Gasteiger partial charge >= 0.3 is 0 Å². The van der Waals surface area contributed by atoms with Gasteiger partial charge in [-0.2, -0.15) is 0 Å². The molecule has 0 radical (unpaired) electrons. The third-order valence-corrected chi connectivity index (χ3v) is 29.6. The molecular weight excluding hydrogens is 1690 g/mol. The van der Waals surface area contributed by atoms with Crippen molar-refractivity contribution in [2.45, 2.75) is 0 Å². The van der Waals surface area contributed by atoms with Crippen LogP contribution in [0.25, 0.3) is 261 Å². The van der Waals surface area contributed by atoms with Crippen molar-refractivity contribution < 1.29 is 4.42 Å². The van der Waals surface area contributed by atoms with Crippen LogP contribution in [-0.4, -0.2) is 18.3 Å². The van der Waals surface area contributed by atoms with Crippen LogP contribution in [0.1, 0.15) is 0 Å². The molecule has 0 N–H and O–H groups in total. The van der Waals surface area contributed by atoms with E-state index < -0.39 is 0 Å². The first-order valence-electron chi connectivity index (χ1n) is 47.3. The number of fused-ring (bicyclic) bond motifs is 30. The molecule has 0 atom stereocenters. The Morgan fingerprint density at radius 3 is 0.899 bits per heavy atom. The Kier molecular flexibility index (Phi) is 19.1. The van der Waals surface area contributed by atoms with Crippen LogP contribution in [0.2, 0.25) is 0 Å². The Balaban J connectivity index is 0.0000000930. The second-order valence-corrected chi connectivity index (χ2v) is 37.0. The van der Waals surface area contributed by atoms with Crippen molar-refractivity contribution in [1.82, 2.24) is 18.3 Å². The molecule has 0 fully saturated rings. The minimum absolute atomic E-state index is 0.928. The summed E-state index contributed by atoms with van der Waals surface area (Å²) in [6.45, 7) is 0. The lowest BCUT2D eigenvalue weighted by atomic mass is 9.91. The first-order chi connectivity index (χ1) is 68.5. The Labute approximate surface area is 798 Å². The van der Waals surface area contributed by atoms with Gasteiger partial charge in [0.25, 0.3) is 0 Å². The molecular formula is C132H84N4OS. The fourth-order valence-electron chi connectivity index (χ4n) is 22.2. The van der Waals surface area contributed by atoms with Gasteiger partial charge in [0, 0.05) is 102 Å². The van der Waals surface area contributed by atoms with Crippen LogP contribution in [0.4, 0.5) is 0 Å². The van der Waals surface area contributed by atoms with Gasteiger partial charge in [-0.25, -0.2) is 0 Å². The number of hydrogen-bond donors (Lipinski definition) is 0. The second kappa shape index (κ2) is 33.1. The number of para-hydroxylation sites is 10. The number of nitrogens with zero attached hydrogens (tertiary/aromatic N) is 4. The van der Waals surface area contributed by atoms with E-state index in [2.05, 4.69) is 516 Å². The Morgan fingerprint density at radius 1 is 0.152 bits per heavy atom.